The highest BCUT2D eigenvalue weighted by molar-refractivity contribution is 5.80. The second-order valence-corrected chi connectivity index (χ2v) is 3.61. The van der Waals surface area contributed by atoms with E-state index in [4.69, 9.17) is 0 Å². The molecule has 0 aromatic rings. The van der Waals surface area contributed by atoms with Crippen molar-refractivity contribution in [3.05, 3.63) is 0 Å². The Morgan fingerprint density at radius 1 is 1.30 bits per heavy atom. The molecule has 2 aliphatic rings. The fraction of sp³-hybridized carbons (Fsp3) is 0.875. The summed E-state index contributed by atoms with van der Waals surface area (Å²) in [5.74, 6) is 1.19. The number of aliphatic hydroxyl groups is 1. The monoisotopic (exact) mass is 140 g/mol. The Morgan fingerprint density at radius 3 is 2.80 bits per heavy atom. The van der Waals surface area contributed by atoms with Gasteiger partial charge in [-0.25, -0.2) is 0 Å². The molecule has 56 valence electrons. The third-order valence-corrected chi connectivity index (χ3v) is 2.76. The summed E-state index contributed by atoms with van der Waals surface area (Å²) in [6.07, 6.45) is 3.16. The molecule has 2 fully saturated rings. The first-order valence-electron chi connectivity index (χ1n) is 3.95. The molecule has 0 saturated heterocycles. The van der Waals surface area contributed by atoms with Gasteiger partial charge in [0.25, 0.3) is 0 Å². The first kappa shape index (κ1) is 6.35. The van der Waals surface area contributed by atoms with Gasteiger partial charge < -0.3 is 5.11 Å². The number of ketones is 1. The molecule has 0 spiro atoms. The molecular formula is C8H12O2. The lowest BCUT2D eigenvalue weighted by atomic mass is 9.88. The lowest BCUT2D eigenvalue weighted by Crippen LogP contribution is -2.18. The number of fused-ring (bicyclic) bond motifs is 2. The number of hydrogen-bond donors (Lipinski definition) is 1. The molecule has 2 nitrogen and oxygen atoms in total. The van der Waals surface area contributed by atoms with E-state index in [0.29, 0.717) is 24.0 Å². The Balaban J connectivity index is 2.13. The molecule has 0 aliphatic heterocycles. The maximum atomic E-state index is 11.0. The Morgan fingerprint density at radius 2 is 2.10 bits per heavy atom. The van der Waals surface area contributed by atoms with Gasteiger partial charge in [0, 0.05) is 12.8 Å². The van der Waals surface area contributed by atoms with Crippen LogP contribution in [0, 0.1) is 11.8 Å². The summed E-state index contributed by atoms with van der Waals surface area (Å²) in [6, 6.07) is 0. The van der Waals surface area contributed by atoms with Crippen LogP contribution in [-0.4, -0.2) is 17.0 Å². The van der Waals surface area contributed by atoms with Gasteiger partial charge in [0.1, 0.15) is 5.78 Å². The standard InChI is InChI=1S/C8H12O2/c9-7-2-5-1-6(4-7)8(10)3-5/h5-6,8,10H,1-4H2. The van der Waals surface area contributed by atoms with Gasteiger partial charge in [0.2, 0.25) is 0 Å². The number of Topliss-reactive ketones (excluding diaryl/α,β-unsaturated/α-hetero) is 1. The summed E-state index contributed by atoms with van der Waals surface area (Å²) in [7, 11) is 0. The van der Waals surface area contributed by atoms with E-state index in [0.717, 1.165) is 19.3 Å². The smallest absolute Gasteiger partial charge is 0.133 e. The number of carbonyl (C=O) groups is 1. The number of aliphatic hydroxyl groups excluding tert-OH is 1. The molecule has 2 aliphatic carbocycles. The average molecular weight is 140 g/mol. The third kappa shape index (κ3) is 0.870. The Labute approximate surface area is 60.2 Å². The molecule has 2 saturated carbocycles. The largest absolute Gasteiger partial charge is 0.393 e. The summed E-state index contributed by atoms with van der Waals surface area (Å²) in [4.78, 5) is 11.0. The van der Waals surface area contributed by atoms with Crippen LogP contribution in [0.5, 0.6) is 0 Å². The lowest BCUT2D eigenvalue weighted by Gasteiger charge is -2.16. The van der Waals surface area contributed by atoms with Gasteiger partial charge >= 0.3 is 0 Å². The van der Waals surface area contributed by atoms with Crippen molar-refractivity contribution in [1.82, 2.24) is 0 Å². The third-order valence-electron chi connectivity index (χ3n) is 2.76. The molecule has 2 heteroatoms. The molecule has 0 aromatic heterocycles. The van der Waals surface area contributed by atoms with Gasteiger partial charge in [0.05, 0.1) is 6.10 Å². The fourth-order valence-corrected chi connectivity index (χ4v) is 2.30. The molecule has 0 aromatic carbocycles. The van der Waals surface area contributed by atoms with Crippen molar-refractivity contribution in [2.75, 3.05) is 0 Å². The fourth-order valence-electron chi connectivity index (χ4n) is 2.30. The second-order valence-electron chi connectivity index (χ2n) is 3.61. The van der Waals surface area contributed by atoms with Crippen LogP contribution < -0.4 is 0 Å². The molecule has 2 bridgehead atoms. The van der Waals surface area contributed by atoms with Crippen LogP contribution in [0.25, 0.3) is 0 Å². The van der Waals surface area contributed by atoms with Crippen LogP contribution in [-0.2, 0) is 4.79 Å². The number of carbonyl (C=O) groups excluding carboxylic acids is 1. The normalized spacial score (nSPS) is 46.1. The highest BCUT2D eigenvalue weighted by atomic mass is 16.3. The van der Waals surface area contributed by atoms with Crippen molar-refractivity contribution >= 4 is 5.78 Å². The molecule has 0 heterocycles. The summed E-state index contributed by atoms with van der Waals surface area (Å²) < 4.78 is 0. The van der Waals surface area contributed by atoms with Crippen molar-refractivity contribution in [1.29, 1.82) is 0 Å². The SMILES string of the molecule is O=C1CC2CC(O)C(C1)C2. The number of rotatable bonds is 0. The van der Waals surface area contributed by atoms with E-state index in [1.807, 2.05) is 0 Å². The van der Waals surface area contributed by atoms with E-state index in [1.165, 1.54) is 0 Å². The van der Waals surface area contributed by atoms with Gasteiger partial charge in [0.15, 0.2) is 0 Å². The molecule has 0 amide bonds. The first-order valence-corrected chi connectivity index (χ1v) is 3.95. The van der Waals surface area contributed by atoms with Gasteiger partial charge in [-0.1, -0.05) is 0 Å². The van der Waals surface area contributed by atoms with Gasteiger partial charge in [-0.05, 0) is 24.7 Å². The van der Waals surface area contributed by atoms with Crippen molar-refractivity contribution < 1.29 is 9.90 Å². The van der Waals surface area contributed by atoms with E-state index < -0.39 is 0 Å². The van der Waals surface area contributed by atoms with Gasteiger partial charge in [-0.3, -0.25) is 4.79 Å². The zero-order valence-electron chi connectivity index (χ0n) is 5.92. The molecule has 3 unspecified atom stereocenters. The quantitative estimate of drug-likeness (QED) is 0.538. The lowest BCUT2D eigenvalue weighted by molar-refractivity contribution is -0.122. The summed E-state index contributed by atoms with van der Waals surface area (Å²) in [6.45, 7) is 0. The zero-order chi connectivity index (χ0) is 7.14. The predicted octanol–water partition coefficient (Wildman–Crippen LogP) is 0.736. The van der Waals surface area contributed by atoms with E-state index >= 15 is 0 Å². The van der Waals surface area contributed by atoms with Crippen LogP contribution in [0.1, 0.15) is 25.7 Å². The summed E-state index contributed by atoms with van der Waals surface area (Å²) >= 11 is 0. The van der Waals surface area contributed by atoms with Crippen molar-refractivity contribution in [3.8, 4) is 0 Å². The highest BCUT2D eigenvalue weighted by Crippen LogP contribution is 2.40. The molecule has 2 rings (SSSR count). The first-order chi connectivity index (χ1) is 4.75. The predicted molar refractivity (Wildman–Crippen MR) is 36.5 cm³/mol. The maximum absolute atomic E-state index is 11.0. The van der Waals surface area contributed by atoms with Crippen molar-refractivity contribution in [3.63, 3.8) is 0 Å². The second kappa shape index (κ2) is 2.06. The highest BCUT2D eigenvalue weighted by Gasteiger charge is 2.39. The number of hydrogen-bond acceptors (Lipinski definition) is 2. The minimum absolute atomic E-state index is 0.170. The van der Waals surface area contributed by atoms with Crippen LogP contribution in [0.3, 0.4) is 0 Å². The average Bonchev–Trinajstić information content (AvgIpc) is 2.07. The molecule has 1 N–H and O–H groups in total. The van der Waals surface area contributed by atoms with E-state index in [1.54, 1.807) is 0 Å². The van der Waals surface area contributed by atoms with E-state index in [9.17, 15) is 9.90 Å². The molecule has 10 heavy (non-hydrogen) atoms. The maximum Gasteiger partial charge on any atom is 0.133 e. The van der Waals surface area contributed by atoms with Crippen LogP contribution in [0.4, 0.5) is 0 Å². The van der Waals surface area contributed by atoms with Crippen molar-refractivity contribution in [2.24, 2.45) is 11.8 Å². The van der Waals surface area contributed by atoms with Gasteiger partial charge in [-0.2, -0.15) is 0 Å². The van der Waals surface area contributed by atoms with Crippen LogP contribution in [0.2, 0.25) is 0 Å². The summed E-state index contributed by atoms with van der Waals surface area (Å²) in [5.41, 5.74) is 0. The van der Waals surface area contributed by atoms with Crippen LogP contribution in [0.15, 0.2) is 0 Å². The Kier molecular flexibility index (Phi) is 1.31. The topological polar surface area (TPSA) is 37.3 Å². The summed E-state index contributed by atoms with van der Waals surface area (Å²) in [5, 5.41) is 9.36. The minimum atomic E-state index is -0.170. The Bertz CT molecular complexity index is 163. The van der Waals surface area contributed by atoms with Crippen molar-refractivity contribution in [2.45, 2.75) is 31.8 Å². The minimum Gasteiger partial charge on any atom is -0.393 e. The van der Waals surface area contributed by atoms with Crippen LogP contribution >= 0.6 is 0 Å². The molecular weight excluding hydrogens is 128 g/mol. The molecule has 3 atom stereocenters. The van der Waals surface area contributed by atoms with E-state index in [2.05, 4.69) is 0 Å². The van der Waals surface area contributed by atoms with E-state index in [-0.39, 0.29) is 6.10 Å². The Hall–Kier alpha value is -0.370. The van der Waals surface area contributed by atoms with Gasteiger partial charge in [-0.15, -0.1) is 0 Å². The molecule has 0 radical (unpaired) electrons. The zero-order valence-corrected chi connectivity index (χ0v) is 5.92.